The Morgan fingerprint density at radius 1 is 1.15 bits per heavy atom. The van der Waals surface area contributed by atoms with Gasteiger partial charge in [-0.15, -0.1) is 0 Å². The Labute approximate surface area is 159 Å². The van der Waals surface area contributed by atoms with E-state index in [-0.39, 0.29) is 11.5 Å². The number of furan rings is 1. The van der Waals surface area contributed by atoms with Gasteiger partial charge in [0.25, 0.3) is 5.91 Å². The van der Waals surface area contributed by atoms with Crippen molar-refractivity contribution in [1.82, 2.24) is 4.90 Å². The van der Waals surface area contributed by atoms with Gasteiger partial charge in [-0.3, -0.25) is 4.79 Å². The van der Waals surface area contributed by atoms with Gasteiger partial charge in [0.1, 0.15) is 11.5 Å². The Morgan fingerprint density at radius 3 is 2.59 bits per heavy atom. The molecule has 0 atom stereocenters. The minimum atomic E-state index is -1.22. The Morgan fingerprint density at radius 2 is 1.89 bits per heavy atom. The number of carbonyl (C=O) groups excluding carboxylic acids is 2. The van der Waals surface area contributed by atoms with Crippen LogP contribution >= 0.6 is 11.8 Å². The van der Waals surface area contributed by atoms with Crippen molar-refractivity contribution in [1.29, 1.82) is 0 Å². The Bertz CT molecular complexity index is 939. The first-order valence-electron chi connectivity index (χ1n) is 8.37. The van der Waals surface area contributed by atoms with Gasteiger partial charge in [-0.1, -0.05) is 24.3 Å². The number of carbonyl (C=O) groups is 2. The topological polar surface area (TPSA) is 95.2 Å². The van der Waals surface area contributed by atoms with Gasteiger partial charge >= 0.3 is 0 Å². The minimum absolute atomic E-state index is 0.105. The van der Waals surface area contributed by atoms with Gasteiger partial charge < -0.3 is 24.0 Å². The van der Waals surface area contributed by atoms with Crippen LogP contribution in [0.4, 0.5) is 0 Å². The maximum atomic E-state index is 12.2. The van der Waals surface area contributed by atoms with E-state index in [4.69, 9.17) is 9.15 Å². The second-order valence-corrected chi connectivity index (χ2v) is 6.99. The number of ether oxygens (including phenoxy) is 1. The first-order chi connectivity index (χ1) is 13.1. The van der Waals surface area contributed by atoms with E-state index in [1.165, 1.54) is 23.9 Å². The number of aromatic carboxylic acids is 1. The molecule has 4 rings (SSSR count). The van der Waals surface area contributed by atoms with Crippen molar-refractivity contribution in [2.24, 2.45) is 4.99 Å². The van der Waals surface area contributed by atoms with Gasteiger partial charge in [0.2, 0.25) is 0 Å². The van der Waals surface area contributed by atoms with Crippen LogP contribution < -0.4 is 5.11 Å². The van der Waals surface area contributed by atoms with Crippen LogP contribution in [0.2, 0.25) is 0 Å². The third-order valence-electron chi connectivity index (χ3n) is 4.20. The van der Waals surface area contributed by atoms with Gasteiger partial charge in [0, 0.05) is 24.7 Å². The standard InChI is InChI=1S/C19H16N2O5S/c22-17-16(27-19(20-17)21-7-9-25-10-8-21)11-14-5-6-15(26-14)12-1-3-13(4-2-12)18(23)24/h1-6,11H,7-10H2,(H,23,24)/p-1/b16-11-. The number of benzene rings is 1. The number of morpholine rings is 1. The average molecular weight is 383 g/mol. The molecule has 0 spiro atoms. The molecule has 27 heavy (non-hydrogen) atoms. The lowest BCUT2D eigenvalue weighted by Gasteiger charge is -2.27. The summed E-state index contributed by atoms with van der Waals surface area (Å²) in [4.78, 5) is 29.7. The molecule has 1 aromatic carbocycles. The van der Waals surface area contributed by atoms with Crippen molar-refractivity contribution in [2.45, 2.75) is 0 Å². The fourth-order valence-corrected chi connectivity index (χ4v) is 3.72. The molecule has 3 heterocycles. The summed E-state index contributed by atoms with van der Waals surface area (Å²) in [7, 11) is 0. The summed E-state index contributed by atoms with van der Waals surface area (Å²) in [6.07, 6.45) is 1.67. The van der Waals surface area contributed by atoms with Crippen LogP contribution in [-0.4, -0.2) is 48.2 Å². The van der Waals surface area contributed by atoms with Crippen molar-refractivity contribution in [2.75, 3.05) is 26.3 Å². The van der Waals surface area contributed by atoms with Gasteiger partial charge in [-0.05, 0) is 29.5 Å². The maximum Gasteiger partial charge on any atom is 0.286 e. The van der Waals surface area contributed by atoms with Crippen LogP contribution in [0.1, 0.15) is 16.1 Å². The molecule has 0 radical (unpaired) electrons. The van der Waals surface area contributed by atoms with Gasteiger partial charge in [0.15, 0.2) is 5.17 Å². The summed E-state index contributed by atoms with van der Waals surface area (Å²) >= 11 is 1.33. The average Bonchev–Trinajstić information content (AvgIpc) is 3.30. The number of nitrogens with zero attached hydrogens (tertiary/aromatic N) is 2. The zero-order chi connectivity index (χ0) is 18.8. The highest BCUT2D eigenvalue weighted by atomic mass is 32.2. The van der Waals surface area contributed by atoms with Gasteiger partial charge in [-0.25, -0.2) is 0 Å². The van der Waals surface area contributed by atoms with Crippen LogP contribution in [0.3, 0.4) is 0 Å². The number of carboxylic acids is 1. The minimum Gasteiger partial charge on any atom is -0.545 e. The highest BCUT2D eigenvalue weighted by Gasteiger charge is 2.27. The highest BCUT2D eigenvalue weighted by Crippen LogP contribution is 2.32. The Balaban J connectivity index is 1.49. The van der Waals surface area contributed by atoms with E-state index in [9.17, 15) is 14.7 Å². The molecule has 1 saturated heterocycles. The van der Waals surface area contributed by atoms with E-state index < -0.39 is 5.97 Å². The van der Waals surface area contributed by atoms with Crippen molar-refractivity contribution < 1.29 is 23.8 Å². The molecule has 2 aliphatic heterocycles. The molecule has 0 unspecified atom stereocenters. The van der Waals surface area contributed by atoms with Crippen molar-refractivity contribution in [3.63, 3.8) is 0 Å². The molecule has 1 fully saturated rings. The third-order valence-corrected chi connectivity index (χ3v) is 5.24. The third kappa shape index (κ3) is 3.81. The molecule has 2 aromatic rings. The van der Waals surface area contributed by atoms with Crippen molar-refractivity contribution in [3.05, 3.63) is 52.6 Å². The van der Waals surface area contributed by atoms with Crippen LogP contribution in [0, 0.1) is 0 Å². The van der Waals surface area contributed by atoms with Crippen molar-refractivity contribution >= 4 is 34.9 Å². The van der Waals surface area contributed by atoms with E-state index in [0.717, 1.165) is 18.7 Å². The second kappa shape index (κ2) is 7.42. The fraction of sp³-hybridized carbons (Fsp3) is 0.211. The zero-order valence-corrected chi connectivity index (χ0v) is 15.0. The van der Waals surface area contributed by atoms with Crippen LogP contribution in [0.15, 0.2) is 50.7 Å². The molecular weight excluding hydrogens is 368 g/mol. The second-order valence-electron chi connectivity index (χ2n) is 5.98. The first kappa shape index (κ1) is 17.6. The largest absolute Gasteiger partial charge is 0.545 e. The molecule has 0 N–H and O–H groups in total. The van der Waals surface area contributed by atoms with Crippen molar-refractivity contribution in [3.8, 4) is 11.3 Å². The number of thioether (sulfide) groups is 1. The monoisotopic (exact) mass is 383 g/mol. The molecule has 1 aromatic heterocycles. The van der Waals surface area contributed by atoms with E-state index in [2.05, 4.69) is 4.99 Å². The lowest BCUT2D eigenvalue weighted by Crippen LogP contribution is -2.38. The number of hydrogen-bond donors (Lipinski definition) is 0. The lowest BCUT2D eigenvalue weighted by atomic mass is 10.1. The summed E-state index contributed by atoms with van der Waals surface area (Å²) in [5.74, 6) is -0.392. The quantitative estimate of drug-likeness (QED) is 0.743. The summed E-state index contributed by atoms with van der Waals surface area (Å²) in [5.41, 5.74) is 0.841. The van der Waals surface area contributed by atoms with Crippen LogP contribution in [0.25, 0.3) is 17.4 Å². The predicted molar refractivity (Wildman–Crippen MR) is 98.9 cm³/mol. The molecule has 7 nitrogen and oxygen atoms in total. The molecule has 0 aliphatic carbocycles. The SMILES string of the molecule is O=C1N=C(N2CCOCC2)S/C1=C\c1ccc(-c2ccc(C(=O)[O-])cc2)o1. The van der Waals surface area contributed by atoms with Crippen LogP contribution in [-0.2, 0) is 9.53 Å². The number of hydrogen-bond acceptors (Lipinski definition) is 7. The highest BCUT2D eigenvalue weighted by molar-refractivity contribution is 8.18. The summed E-state index contributed by atoms with van der Waals surface area (Å²) in [5, 5.41) is 11.5. The van der Waals surface area contributed by atoms with Crippen LogP contribution in [0.5, 0.6) is 0 Å². The molecule has 8 heteroatoms. The predicted octanol–water partition coefficient (Wildman–Crippen LogP) is 1.61. The van der Waals surface area contributed by atoms with Gasteiger partial charge in [0.05, 0.1) is 24.1 Å². The smallest absolute Gasteiger partial charge is 0.286 e. The normalized spacial score (nSPS) is 18.8. The number of carboxylic acid groups (broad SMARTS) is 1. The number of rotatable bonds is 3. The molecule has 1 amide bonds. The Hall–Kier alpha value is -2.84. The summed E-state index contributed by atoms with van der Waals surface area (Å²) in [6, 6.07) is 9.75. The Kier molecular flexibility index (Phi) is 4.83. The molecule has 138 valence electrons. The summed E-state index contributed by atoms with van der Waals surface area (Å²) in [6.45, 7) is 2.70. The molecule has 0 saturated carbocycles. The molecule has 0 bridgehead atoms. The van der Waals surface area contributed by atoms with E-state index >= 15 is 0 Å². The zero-order valence-electron chi connectivity index (χ0n) is 14.2. The van der Waals surface area contributed by atoms with Gasteiger partial charge in [-0.2, -0.15) is 4.99 Å². The lowest BCUT2D eigenvalue weighted by molar-refractivity contribution is -0.255. The van der Waals surface area contributed by atoms with E-state index in [1.807, 2.05) is 4.90 Å². The summed E-state index contributed by atoms with van der Waals surface area (Å²) < 4.78 is 11.1. The van der Waals surface area contributed by atoms with E-state index in [1.54, 1.807) is 30.3 Å². The molecule has 2 aliphatic rings. The molecular formula is C19H15N2O5S-. The van der Waals surface area contributed by atoms with E-state index in [0.29, 0.717) is 34.8 Å². The maximum absolute atomic E-state index is 12.2. The first-order valence-corrected chi connectivity index (χ1v) is 9.19. The number of amidine groups is 1. The fourth-order valence-electron chi connectivity index (χ4n) is 2.77. The number of amides is 1. The number of aliphatic imine (C=N–C) groups is 1.